The number of anilines is 1. The molecule has 0 unspecified atom stereocenters. The fourth-order valence-corrected chi connectivity index (χ4v) is 3.20. The number of amides is 1. The quantitative estimate of drug-likeness (QED) is 0.346. The van der Waals surface area contributed by atoms with Crippen LogP contribution in [0.25, 0.3) is 11.1 Å². The number of hydrogen-bond donors (Lipinski definition) is 3. The number of nitrogen functional groups attached to an aromatic ring is 1. The largest absolute Gasteiger partial charge is 0.464 e. The Morgan fingerprint density at radius 1 is 1.14 bits per heavy atom. The van der Waals surface area contributed by atoms with E-state index in [-0.39, 0.29) is 24.3 Å². The maximum absolute atomic E-state index is 12.9. The van der Waals surface area contributed by atoms with E-state index < -0.39 is 33.8 Å². The molecule has 28 heavy (non-hydrogen) atoms. The number of rotatable bonds is 8. The SMILES string of the molecule is CCOC(=O)[C@H](CCS(=O)(=O)O)NC(=O)c1c(N)cccc1-c1ccccc1. The van der Waals surface area contributed by atoms with Crippen LogP contribution in [0.4, 0.5) is 5.69 Å². The molecule has 1 atom stereocenters. The smallest absolute Gasteiger partial charge is 0.328 e. The molecule has 9 heteroatoms. The number of benzene rings is 2. The van der Waals surface area contributed by atoms with Crippen LogP contribution >= 0.6 is 0 Å². The van der Waals surface area contributed by atoms with Gasteiger partial charge < -0.3 is 15.8 Å². The second-order valence-electron chi connectivity index (χ2n) is 5.99. The molecule has 4 N–H and O–H groups in total. The van der Waals surface area contributed by atoms with Gasteiger partial charge >= 0.3 is 5.97 Å². The number of hydrogen-bond acceptors (Lipinski definition) is 6. The fourth-order valence-electron chi connectivity index (χ4n) is 2.67. The van der Waals surface area contributed by atoms with Crippen LogP contribution in [0, 0.1) is 0 Å². The molecular formula is C19H22N2O6S. The average Bonchev–Trinajstić information content (AvgIpc) is 2.64. The highest BCUT2D eigenvalue weighted by molar-refractivity contribution is 7.85. The van der Waals surface area contributed by atoms with E-state index in [1.54, 1.807) is 25.1 Å². The lowest BCUT2D eigenvalue weighted by atomic mass is 9.97. The number of nitrogens with one attached hydrogen (secondary N) is 1. The third-order valence-corrected chi connectivity index (χ3v) is 4.70. The van der Waals surface area contributed by atoms with E-state index >= 15 is 0 Å². The first-order valence-corrected chi connectivity index (χ1v) is 10.2. The number of esters is 1. The second-order valence-corrected chi connectivity index (χ2v) is 7.56. The van der Waals surface area contributed by atoms with Crippen molar-refractivity contribution in [3.8, 4) is 11.1 Å². The van der Waals surface area contributed by atoms with Crippen molar-refractivity contribution in [1.29, 1.82) is 0 Å². The van der Waals surface area contributed by atoms with Crippen molar-refractivity contribution in [2.24, 2.45) is 0 Å². The van der Waals surface area contributed by atoms with Gasteiger partial charge in [-0.3, -0.25) is 9.35 Å². The zero-order valence-corrected chi connectivity index (χ0v) is 16.1. The summed E-state index contributed by atoms with van der Waals surface area (Å²) >= 11 is 0. The molecule has 8 nitrogen and oxygen atoms in total. The molecule has 2 aromatic rings. The van der Waals surface area contributed by atoms with Crippen LogP contribution in [0.5, 0.6) is 0 Å². The van der Waals surface area contributed by atoms with Gasteiger partial charge in [0.05, 0.1) is 17.9 Å². The summed E-state index contributed by atoms with van der Waals surface area (Å²) in [5, 5.41) is 2.47. The minimum atomic E-state index is -4.31. The summed E-state index contributed by atoms with van der Waals surface area (Å²) in [7, 11) is -4.31. The second kappa shape index (κ2) is 9.34. The van der Waals surface area contributed by atoms with Crippen molar-refractivity contribution in [3.05, 3.63) is 54.1 Å². The molecular weight excluding hydrogens is 384 g/mol. The molecule has 0 aromatic heterocycles. The van der Waals surface area contributed by atoms with E-state index in [2.05, 4.69) is 5.32 Å². The molecule has 0 radical (unpaired) electrons. The fraction of sp³-hybridized carbons (Fsp3) is 0.263. The highest BCUT2D eigenvalue weighted by Crippen LogP contribution is 2.27. The molecule has 0 fully saturated rings. The maximum atomic E-state index is 12.9. The Bertz CT molecular complexity index is 944. The maximum Gasteiger partial charge on any atom is 0.328 e. The van der Waals surface area contributed by atoms with Gasteiger partial charge in [-0.25, -0.2) is 4.79 Å². The molecule has 0 saturated carbocycles. The van der Waals surface area contributed by atoms with Crippen LogP contribution in [0.15, 0.2) is 48.5 Å². The molecule has 1 amide bonds. The normalized spacial score (nSPS) is 12.2. The Hall–Kier alpha value is -2.91. The minimum Gasteiger partial charge on any atom is -0.464 e. The number of nitrogens with two attached hydrogens (primary N) is 1. The van der Waals surface area contributed by atoms with Gasteiger partial charge in [0.25, 0.3) is 16.0 Å². The van der Waals surface area contributed by atoms with Crippen molar-refractivity contribution < 1.29 is 27.3 Å². The van der Waals surface area contributed by atoms with Gasteiger partial charge in [-0.15, -0.1) is 0 Å². The Labute approximate surface area is 163 Å². The van der Waals surface area contributed by atoms with Crippen molar-refractivity contribution in [2.75, 3.05) is 18.1 Å². The summed E-state index contributed by atoms with van der Waals surface area (Å²) in [6.45, 7) is 1.64. The molecule has 0 bridgehead atoms. The number of carbonyl (C=O) groups excluding carboxylic acids is 2. The Morgan fingerprint density at radius 2 is 1.82 bits per heavy atom. The van der Waals surface area contributed by atoms with Gasteiger partial charge in [-0.1, -0.05) is 42.5 Å². The van der Waals surface area contributed by atoms with Crippen molar-refractivity contribution in [3.63, 3.8) is 0 Å². The Balaban J connectivity index is 2.34. The molecule has 0 saturated heterocycles. The van der Waals surface area contributed by atoms with Gasteiger partial charge in [0.15, 0.2) is 0 Å². The molecule has 2 rings (SSSR count). The zero-order chi connectivity index (χ0) is 20.7. The van der Waals surface area contributed by atoms with Gasteiger partial charge in [0.1, 0.15) is 6.04 Å². The van der Waals surface area contributed by atoms with Crippen LogP contribution in [0.3, 0.4) is 0 Å². The van der Waals surface area contributed by atoms with Crippen LogP contribution in [-0.2, 0) is 19.6 Å². The van der Waals surface area contributed by atoms with Gasteiger partial charge in [-0.2, -0.15) is 8.42 Å². The van der Waals surface area contributed by atoms with Crippen LogP contribution in [0.2, 0.25) is 0 Å². The van der Waals surface area contributed by atoms with Crippen LogP contribution < -0.4 is 11.1 Å². The first kappa shape index (κ1) is 21.4. The monoisotopic (exact) mass is 406 g/mol. The molecule has 0 aliphatic heterocycles. The molecule has 0 aliphatic rings. The highest BCUT2D eigenvalue weighted by Gasteiger charge is 2.26. The summed E-state index contributed by atoms with van der Waals surface area (Å²) in [4.78, 5) is 25.0. The van der Waals surface area contributed by atoms with E-state index in [0.29, 0.717) is 5.56 Å². The molecule has 2 aromatic carbocycles. The molecule has 0 heterocycles. The number of ether oxygens (including phenoxy) is 1. The third-order valence-electron chi connectivity index (χ3n) is 3.95. The van der Waals surface area contributed by atoms with E-state index in [4.69, 9.17) is 15.0 Å². The van der Waals surface area contributed by atoms with E-state index in [0.717, 1.165) is 5.56 Å². The molecule has 0 aliphatic carbocycles. The summed E-state index contributed by atoms with van der Waals surface area (Å²) in [5.41, 5.74) is 7.69. The van der Waals surface area contributed by atoms with Gasteiger partial charge in [0, 0.05) is 5.69 Å². The van der Waals surface area contributed by atoms with Crippen molar-refractivity contribution in [1.82, 2.24) is 5.32 Å². The van der Waals surface area contributed by atoms with Gasteiger partial charge in [-0.05, 0) is 30.5 Å². The van der Waals surface area contributed by atoms with E-state index in [9.17, 15) is 18.0 Å². The van der Waals surface area contributed by atoms with Crippen molar-refractivity contribution >= 4 is 27.7 Å². The first-order chi connectivity index (χ1) is 13.2. The van der Waals surface area contributed by atoms with Crippen LogP contribution in [-0.4, -0.2) is 43.2 Å². The first-order valence-electron chi connectivity index (χ1n) is 8.59. The highest BCUT2D eigenvalue weighted by atomic mass is 32.2. The lowest BCUT2D eigenvalue weighted by molar-refractivity contribution is -0.145. The van der Waals surface area contributed by atoms with E-state index in [1.807, 2.05) is 30.3 Å². The zero-order valence-electron chi connectivity index (χ0n) is 15.3. The Morgan fingerprint density at radius 3 is 2.43 bits per heavy atom. The van der Waals surface area contributed by atoms with Gasteiger partial charge in [0.2, 0.25) is 0 Å². The topological polar surface area (TPSA) is 136 Å². The Kier molecular flexibility index (Phi) is 7.13. The molecule has 0 spiro atoms. The lowest BCUT2D eigenvalue weighted by Crippen LogP contribution is -2.43. The minimum absolute atomic E-state index is 0.0554. The van der Waals surface area contributed by atoms with Crippen LogP contribution in [0.1, 0.15) is 23.7 Å². The third kappa shape index (κ3) is 5.80. The predicted octanol–water partition coefficient (Wildman–Crippen LogP) is 1.88. The number of carbonyl (C=O) groups is 2. The van der Waals surface area contributed by atoms with Crippen molar-refractivity contribution in [2.45, 2.75) is 19.4 Å². The molecule has 150 valence electrons. The predicted molar refractivity (Wildman–Crippen MR) is 105 cm³/mol. The summed E-state index contributed by atoms with van der Waals surface area (Å²) in [6.07, 6.45) is -0.336. The lowest BCUT2D eigenvalue weighted by Gasteiger charge is -2.19. The average molecular weight is 406 g/mol. The summed E-state index contributed by atoms with van der Waals surface area (Å²) < 4.78 is 35.9. The summed E-state index contributed by atoms with van der Waals surface area (Å²) in [5.74, 6) is -2.15. The standard InChI is InChI=1S/C19H22N2O6S/c1-2-27-19(23)16(11-12-28(24,25)26)21-18(22)17-14(9-6-10-15(17)20)13-7-4-3-5-8-13/h3-10,16H,2,11-12,20H2,1H3,(H,21,22)(H,24,25,26)/t16-/m0/s1. The summed E-state index contributed by atoms with van der Waals surface area (Å²) in [6, 6.07) is 12.8. The van der Waals surface area contributed by atoms with E-state index in [1.165, 1.54) is 0 Å².